The average Bonchev–Trinajstić information content (AvgIpc) is 3.82. The van der Waals surface area contributed by atoms with Crippen LogP contribution in [0.1, 0.15) is 90.6 Å². The first-order valence-corrected chi connectivity index (χ1v) is 17.0. The summed E-state index contributed by atoms with van der Waals surface area (Å²) in [6.07, 6.45) is 17.2. The molecule has 4 saturated heterocycles. The molecular formula is C30H51N7OS. The van der Waals surface area contributed by atoms with Crippen molar-refractivity contribution in [2.45, 2.75) is 108 Å². The molecule has 2 aliphatic carbocycles. The van der Waals surface area contributed by atoms with Gasteiger partial charge in [0, 0.05) is 49.9 Å². The number of piperidine rings is 1. The summed E-state index contributed by atoms with van der Waals surface area (Å²) in [6.45, 7) is 10.4. The summed E-state index contributed by atoms with van der Waals surface area (Å²) in [6, 6.07) is 2.08. The predicted molar refractivity (Wildman–Crippen MR) is 157 cm³/mol. The van der Waals surface area contributed by atoms with E-state index in [-0.39, 0.29) is 11.7 Å². The third-order valence-electron chi connectivity index (χ3n) is 10.6. The van der Waals surface area contributed by atoms with Crippen molar-refractivity contribution in [3.63, 3.8) is 0 Å². The summed E-state index contributed by atoms with van der Waals surface area (Å²) in [5, 5.41) is 12.0. The van der Waals surface area contributed by atoms with E-state index in [0.717, 1.165) is 49.1 Å². The van der Waals surface area contributed by atoms with E-state index in [4.69, 9.17) is 9.84 Å². The third kappa shape index (κ3) is 6.33. The fourth-order valence-corrected chi connectivity index (χ4v) is 9.22. The van der Waals surface area contributed by atoms with Gasteiger partial charge in [-0.05, 0) is 108 Å². The highest BCUT2D eigenvalue weighted by molar-refractivity contribution is 7.98. The monoisotopic (exact) mass is 557 g/mol. The molecule has 8 nitrogen and oxygen atoms in total. The number of fused-ring (bicyclic) bond motifs is 6. The molecule has 6 fully saturated rings. The molecule has 7 unspecified atom stereocenters. The molecule has 3 N–H and O–H groups in total. The molecule has 6 aliphatic rings. The Bertz CT molecular complexity index is 953. The van der Waals surface area contributed by atoms with Crippen LogP contribution < -0.4 is 20.2 Å². The van der Waals surface area contributed by atoms with E-state index in [9.17, 15) is 0 Å². The molecule has 0 amide bonds. The molecule has 0 radical (unpaired) electrons. The normalized spacial score (nSPS) is 38.9. The fourth-order valence-electron chi connectivity index (χ4n) is 8.28. The number of nitrogens with zero attached hydrogens (tertiary/aromatic N) is 4. The van der Waals surface area contributed by atoms with Crippen LogP contribution in [-0.4, -0.2) is 69.6 Å². The van der Waals surface area contributed by atoms with Crippen LogP contribution in [0.3, 0.4) is 0 Å². The molecule has 0 spiro atoms. The van der Waals surface area contributed by atoms with Gasteiger partial charge in [0.2, 0.25) is 5.88 Å². The van der Waals surface area contributed by atoms with Gasteiger partial charge >= 0.3 is 0 Å². The number of hydrazine groups is 1. The summed E-state index contributed by atoms with van der Waals surface area (Å²) >= 11 is 1.90. The number of aromatic nitrogens is 2. The minimum Gasteiger partial charge on any atom is -0.477 e. The molecule has 1 aromatic heterocycles. The van der Waals surface area contributed by atoms with Crippen LogP contribution in [-0.2, 0) is 0 Å². The summed E-state index contributed by atoms with van der Waals surface area (Å²) < 4.78 is 12.1. The van der Waals surface area contributed by atoms with Crippen LogP contribution in [0.25, 0.3) is 0 Å². The molecule has 7 rings (SSSR count). The van der Waals surface area contributed by atoms with Gasteiger partial charge in [-0.3, -0.25) is 19.6 Å². The van der Waals surface area contributed by atoms with Crippen LogP contribution in [0.4, 0.5) is 0 Å². The van der Waals surface area contributed by atoms with Crippen molar-refractivity contribution in [3.8, 4) is 5.88 Å². The van der Waals surface area contributed by atoms with Crippen molar-refractivity contribution < 1.29 is 4.74 Å². The van der Waals surface area contributed by atoms with Gasteiger partial charge in [-0.2, -0.15) is 0 Å². The van der Waals surface area contributed by atoms with Gasteiger partial charge in [-0.1, -0.05) is 11.9 Å². The lowest BCUT2D eigenvalue weighted by Crippen LogP contribution is -2.60. The Balaban J connectivity index is 1.00. The zero-order valence-corrected chi connectivity index (χ0v) is 25.0. The first-order valence-electron chi connectivity index (χ1n) is 16.1. The molecule has 7 atom stereocenters. The number of ether oxygens (including phenoxy) is 1. The maximum absolute atomic E-state index is 6.20. The Kier molecular flexibility index (Phi) is 7.93. The number of rotatable bonds is 7. The summed E-state index contributed by atoms with van der Waals surface area (Å²) in [5.74, 6) is 5.05. The standard InChI is InChI=1S/C30H51N7OS/c1-30(2)18-21-4-3-14-35-15-12-28(34-35)39-31-19-24-9-10-26(32-29(24)36(30)20-21)37-16-11-27(33-37)38-17-13-25(22-5-6-22)23-7-8-23/h11,16,21-26,28-29,31-32,34H,3-10,12-15,17-20H2,1-2H3. The van der Waals surface area contributed by atoms with E-state index in [1.165, 1.54) is 83.8 Å². The highest BCUT2D eigenvalue weighted by Crippen LogP contribution is 2.50. The van der Waals surface area contributed by atoms with Crippen LogP contribution in [0, 0.1) is 29.6 Å². The summed E-state index contributed by atoms with van der Waals surface area (Å²) in [4.78, 5) is 2.82. The molecule has 5 heterocycles. The highest BCUT2D eigenvalue weighted by Gasteiger charge is 2.46. The van der Waals surface area contributed by atoms with Gasteiger partial charge in [0.25, 0.3) is 0 Å². The molecule has 39 heavy (non-hydrogen) atoms. The minimum atomic E-state index is 0.214. The SMILES string of the molecule is CC1(C)CC2CCCN3CCC(N3)SNCC3CCC(n4ccc(OCCC(C5CC5)C5CC5)n4)NC3N1C2. The Hall–Kier alpha value is -0.840. The second-order valence-corrected chi connectivity index (χ2v) is 15.2. The molecule has 4 bridgehead atoms. The van der Waals surface area contributed by atoms with Gasteiger partial charge < -0.3 is 4.74 Å². The first-order chi connectivity index (χ1) is 19.0. The third-order valence-corrected chi connectivity index (χ3v) is 11.6. The molecular weight excluding hydrogens is 506 g/mol. The van der Waals surface area contributed by atoms with E-state index in [0.29, 0.717) is 17.5 Å². The Morgan fingerprint density at radius 2 is 1.92 bits per heavy atom. The lowest BCUT2D eigenvalue weighted by molar-refractivity contribution is 0.00916. The first kappa shape index (κ1) is 27.0. The Labute approximate surface area is 239 Å². The summed E-state index contributed by atoms with van der Waals surface area (Å²) in [5.41, 5.74) is 3.94. The van der Waals surface area contributed by atoms with Crippen LogP contribution in [0.5, 0.6) is 5.88 Å². The zero-order valence-electron chi connectivity index (χ0n) is 24.2. The van der Waals surface area contributed by atoms with Crippen LogP contribution in [0.15, 0.2) is 12.3 Å². The zero-order chi connectivity index (χ0) is 26.4. The van der Waals surface area contributed by atoms with E-state index in [1.54, 1.807) is 0 Å². The largest absolute Gasteiger partial charge is 0.477 e. The van der Waals surface area contributed by atoms with Gasteiger partial charge in [-0.25, -0.2) is 10.4 Å². The van der Waals surface area contributed by atoms with Crippen molar-refractivity contribution in [1.82, 2.24) is 35.2 Å². The minimum absolute atomic E-state index is 0.214. The van der Waals surface area contributed by atoms with Gasteiger partial charge in [0.1, 0.15) is 6.17 Å². The van der Waals surface area contributed by atoms with Crippen LogP contribution >= 0.6 is 11.9 Å². The number of hydrogen-bond acceptors (Lipinski definition) is 8. The lowest BCUT2D eigenvalue weighted by Gasteiger charge is -2.47. The van der Waals surface area contributed by atoms with E-state index in [2.05, 4.69) is 56.2 Å². The van der Waals surface area contributed by atoms with Gasteiger partial charge in [0.15, 0.2) is 0 Å². The Morgan fingerprint density at radius 1 is 1.08 bits per heavy atom. The van der Waals surface area contributed by atoms with Crippen molar-refractivity contribution >= 4 is 11.9 Å². The molecule has 218 valence electrons. The maximum atomic E-state index is 6.20. The average molecular weight is 558 g/mol. The molecule has 1 aromatic rings. The maximum Gasteiger partial charge on any atom is 0.232 e. The van der Waals surface area contributed by atoms with Gasteiger partial charge in [-0.15, -0.1) is 5.10 Å². The quantitative estimate of drug-likeness (QED) is 0.421. The number of hydrogen-bond donors (Lipinski definition) is 3. The fraction of sp³-hybridized carbons (Fsp3) is 0.900. The van der Waals surface area contributed by atoms with E-state index in [1.807, 2.05) is 11.9 Å². The predicted octanol–water partition coefficient (Wildman–Crippen LogP) is 4.58. The van der Waals surface area contributed by atoms with Crippen molar-refractivity contribution in [2.75, 3.05) is 32.8 Å². The summed E-state index contributed by atoms with van der Waals surface area (Å²) in [7, 11) is 0. The molecule has 2 saturated carbocycles. The topological polar surface area (TPSA) is 69.6 Å². The molecule has 0 aromatic carbocycles. The Morgan fingerprint density at radius 3 is 2.74 bits per heavy atom. The number of nitrogens with one attached hydrogen (secondary N) is 3. The smallest absolute Gasteiger partial charge is 0.232 e. The van der Waals surface area contributed by atoms with Crippen molar-refractivity contribution in [1.29, 1.82) is 0 Å². The van der Waals surface area contributed by atoms with E-state index < -0.39 is 0 Å². The second kappa shape index (κ2) is 11.4. The van der Waals surface area contributed by atoms with E-state index >= 15 is 0 Å². The van der Waals surface area contributed by atoms with Crippen LogP contribution in [0.2, 0.25) is 0 Å². The lowest BCUT2D eigenvalue weighted by atomic mass is 9.90. The van der Waals surface area contributed by atoms with Crippen molar-refractivity contribution in [2.24, 2.45) is 29.6 Å². The van der Waals surface area contributed by atoms with Gasteiger partial charge in [0.05, 0.1) is 18.1 Å². The molecule has 4 aliphatic heterocycles. The highest BCUT2D eigenvalue weighted by atomic mass is 32.2. The second-order valence-electron chi connectivity index (χ2n) is 14.1. The van der Waals surface area contributed by atoms with Crippen molar-refractivity contribution in [3.05, 3.63) is 12.3 Å². The molecule has 9 heteroatoms.